The molecule has 0 bridgehead atoms. The Hall–Kier alpha value is -1.05. The van der Waals surface area contributed by atoms with E-state index >= 15 is 0 Å². The molecule has 1 heterocycles. The molecule has 1 N–H and O–H groups in total. The van der Waals surface area contributed by atoms with Gasteiger partial charge in [0.1, 0.15) is 0 Å². The molecule has 0 unspecified atom stereocenters. The van der Waals surface area contributed by atoms with Gasteiger partial charge in [0.2, 0.25) is 0 Å². The van der Waals surface area contributed by atoms with E-state index in [1.54, 1.807) is 7.05 Å². The van der Waals surface area contributed by atoms with Crippen molar-refractivity contribution in [3.8, 4) is 0 Å². The first-order valence-electron chi connectivity index (χ1n) is 2.90. The van der Waals surface area contributed by atoms with Gasteiger partial charge in [-0.05, 0) is 18.6 Å². The quantitative estimate of drug-likeness (QED) is 0.545. The van der Waals surface area contributed by atoms with Crippen LogP contribution in [0.4, 0.5) is 0 Å². The van der Waals surface area contributed by atoms with Crippen molar-refractivity contribution in [1.82, 2.24) is 4.98 Å². The number of hydrogen-bond acceptors (Lipinski definition) is 1. The number of nitrogens with one attached hydrogen (secondary N) is 1. The summed E-state index contributed by atoms with van der Waals surface area (Å²) in [6.07, 6.45) is 3.72. The molecule has 0 spiro atoms. The van der Waals surface area contributed by atoms with Crippen LogP contribution in [-0.2, 0) is 0 Å². The number of rotatable bonds is 1. The zero-order valence-corrected chi connectivity index (χ0v) is 5.68. The second kappa shape index (κ2) is 2.49. The zero-order valence-electron chi connectivity index (χ0n) is 5.68. The molecule has 0 aliphatic heterocycles. The Labute approximate surface area is 54.6 Å². The fourth-order valence-corrected chi connectivity index (χ4v) is 0.728. The highest BCUT2D eigenvalue weighted by atomic mass is 14.7. The molecule has 48 valence electrons. The van der Waals surface area contributed by atoms with Crippen molar-refractivity contribution >= 4 is 6.21 Å². The highest BCUT2D eigenvalue weighted by molar-refractivity contribution is 5.78. The lowest BCUT2D eigenvalue weighted by molar-refractivity contribution is 1.33. The molecule has 1 rings (SSSR count). The Balaban J connectivity index is 2.94. The number of aromatic nitrogens is 1. The van der Waals surface area contributed by atoms with Gasteiger partial charge in [-0.3, -0.25) is 4.99 Å². The molecule has 0 aromatic carbocycles. The number of aryl methyl sites for hydroxylation is 1. The molecule has 0 fully saturated rings. The molecule has 0 aliphatic carbocycles. The summed E-state index contributed by atoms with van der Waals surface area (Å²) in [5.41, 5.74) is 2.33. The first-order valence-corrected chi connectivity index (χ1v) is 2.90. The third kappa shape index (κ3) is 1.19. The molecule has 9 heavy (non-hydrogen) atoms. The van der Waals surface area contributed by atoms with Crippen LogP contribution < -0.4 is 0 Å². The lowest BCUT2D eigenvalue weighted by atomic mass is 10.3. The van der Waals surface area contributed by atoms with Crippen molar-refractivity contribution in [2.75, 3.05) is 7.05 Å². The molecule has 1 aromatic rings. The van der Waals surface area contributed by atoms with Gasteiger partial charge >= 0.3 is 0 Å². The second-order valence-electron chi connectivity index (χ2n) is 1.96. The van der Waals surface area contributed by atoms with E-state index in [-0.39, 0.29) is 0 Å². The Bertz CT molecular complexity index is 210. The van der Waals surface area contributed by atoms with E-state index in [1.807, 2.05) is 25.4 Å². The summed E-state index contributed by atoms with van der Waals surface area (Å²) in [5.74, 6) is 0. The monoisotopic (exact) mass is 122 g/mol. The molecule has 2 nitrogen and oxygen atoms in total. The molecule has 2 heteroatoms. The van der Waals surface area contributed by atoms with Crippen LogP contribution in [0.1, 0.15) is 11.3 Å². The van der Waals surface area contributed by atoms with Crippen molar-refractivity contribution in [3.05, 3.63) is 23.5 Å². The Morgan fingerprint density at radius 1 is 1.67 bits per heavy atom. The van der Waals surface area contributed by atoms with Gasteiger partial charge in [-0.25, -0.2) is 0 Å². The minimum Gasteiger partial charge on any atom is -0.360 e. The van der Waals surface area contributed by atoms with Crippen LogP contribution in [0.3, 0.4) is 0 Å². The fourth-order valence-electron chi connectivity index (χ4n) is 0.728. The maximum Gasteiger partial charge on any atom is 0.0591 e. The van der Waals surface area contributed by atoms with E-state index in [4.69, 9.17) is 0 Å². The van der Waals surface area contributed by atoms with Gasteiger partial charge in [0.15, 0.2) is 0 Å². The van der Waals surface area contributed by atoms with Crippen LogP contribution in [0.2, 0.25) is 0 Å². The minimum atomic E-state index is 1.09. The van der Waals surface area contributed by atoms with Crippen molar-refractivity contribution in [2.45, 2.75) is 6.92 Å². The van der Waals surface area contributed by atoms with Crippen molar-refractivity contribution in [2.24, 2.45) is 4.99 Å². The van der Waals surface area contributed by atoms with Crippen LogP contribution in [0.25, 0.3) is 0 Å². The van der Waals surface area contributed by atoms with Gasteiger partial charge in [-0.15, -0.1) is 0 Å². The van der Waals surface area contributed by atoms with Crippen molar-refractivity contribution in [3.63, 3.8) is 0 Å². The first kappa shape index (κ1) is 6.08. The lowest BCUT2D eigenvalue weighted by Crippen LogP contribution is -1.81. The van der Waals surface area contributed by atoms with Crippen LogP contribution >= 0.6 is 0 Å². The van der Waals surface area contributed by atoms with Gasteiger partial charge < -0.3 is 4.98 Å². The average Bonchev–Trinajstić information content (AvgIpc) is 2.18. The molecular formula is C7H10N2. The minimum absolute atomic E-state index is 1.09. The van der Waals surface area contributed by atoms with Crippen LogP contribution in [0, 0.1) is 6.92 Å². The Kier molecular flexibility index (Phi) is 1.68. The SMILES string of the molecule is C/N=C\c1[nH]ccc1C. The summed E-state index contributed by atoms with van der Waals surface area (Å²) < 4.78 is 0. The molecule has 0 saturated carbocycles. The average molecular weight is 122 g/mol. The normalized spacial score (nSPS) is 10.9. The summed E-state index contributed by atoms with van der Waals surface area (Å²) in [6.45, 7) is 2.05. The van der Waals surface area contributed by atoms with Crippen LogP contribution in [0.5, 0.6) is 0 Å². The third-order valence-corrected chi connectivity index (χ3v) is 1.26. The molecule has 0 radical (unpaired) electrons. The molecule has 0 aliphatic rings. The van der Waals surface area contributed by atoms with E-state index in [2.05, 4.69) is 9.98 Å². The summed E-state index contributed by atoms with van der Waals surface area (Å²) in [6, 6.07) is 2.02. The summed E-state index contributed by atoms with van der Waals surface area (Å²) in [4.78, 5) is 6.94. The van der Waals surface area contributed by atoms with E-state index in [1.165, 1.54) is 5.56 Å². The highest BCUT2D eigenvalue weighted by Crippen LogP contribution is 1.99. The molecule has 0 saturated heterocycles. The van der Waals surface area contributed by atoms with Gasteiger partial charge in [0, 0.05) is 19.5 Å². The zero-order chi connectivity index (χ0) is 6.69. The topological polar surface area (TPSA) is 28.1 Å². The number of hydrogen-bond donors (Lipinski definition) is 1. The fraction of sp³-hybridized carbons (Fsp3) is 0.286. The summed E-state index contributed by atoms with van der Waals surface area (Å²) in [5, 5.41) is 0. The van der Waals surface area contributed by atoms with E-state index < -0.39 is 0 Å². The van der Waals surface area contributed by atoms with Crippen LogP contribution in [-0.4, -0.2) is 18.2 Å². The second-order valence-corrected chi connectivity index (χ2v) is 1.96. The molecule has 0 atom stereocenters. The number of aliphatic imine (C=N–C) groups is 1. The van der Waals surface area contributed by atoms with Gasteiger partial charge in [0.05, 0.1) is 5.69 Å². The number of H-pyrrole nitrogens is 1. The number of nitrogens with zero attached hydrogens (tertiary/aromatic N) is 1. The predicted molar refractivity (Wildman–Crippen MR) is 39.0 cm³/mol. The Morgan fingerprint density at radius 2 is 2.44 bits per heavy atom. The summed E-state index contributed by atoms with van der Waals surface area (Å²) in [7, 11) is 1.76. The number of aromatic amines is 1. The maximum absolute atomic E-state index is 3.88. The van der Waals surface area contributed by atoms with E-state index in [0.29, 0.717) is 0 Å². The first-order chi connectivity index (χ1) is 4.34. The van der Waals surface area contributed by atoms with Gasteiger partial charge in [-0.2, -0.15) is 0 Å². The highest BCUT2D eigenvalue weighted by Gasteiger charge is 1.90. The maximum atomic E-state index is 3.88. The van der Waals surface area contributed by atoms with Crippen molar-refractivity contribution in [1.29, 1.82) is 0 Å². The lowest BCUT2D eigenvalue weighted by Gasteiger charge is -1.85. The van der Waals surface area contributed by atoms with E-state index in [0.717, 1.165) is 5.69 Å². The predicted octanol–water partition coefficient (Wildman–Crippen LogP) is 1.37. The smallest absolute Gasteiger partial charge is 0.0591 e. The van der Waals surface area contributed by atoms with Crippen LogP contribution in [0.15, 0.2) is 17.3 Å². The van der Waals surface area contributed by atoms with Gasteiger partial charge in [-0.1, -0.05) is 0 Å². The summed E-state index contributed by atoms with van der Waals surface area (Å²) >= 11 is 0. The third-order valence-electron chi connectivity index (χ3n) is 1.26. The molecule has 1 aromatic heterocycles. The standard InChI is InChI=1S/C7H10N2/c1-6-3-4-9-7(6)5-8-2/h3-5,9H,1-2H3/b8-5-. The van der Waals surface area contributed by atoms with Crippen molar-refractivity contribution < 1.29 is 0 Å². The van der Waals surface area contributed by atoms with E-state index in [9.17, 15) is 0 Å². The Morgan fingerprint density at radius 3 is 2.89 bits per heavy atom. The van der Waals surface area contributed by atoms with Gasteiger partial charge in [0.25, 0.3) is 0 Å². The largest absolute Gasteiger partial charge is 0.360 e. The molecule has 0 amide bonds. The molecular weight excluding hydrogens is 112 g/mol.